The molecule has 0 N–H and O–H groups in total. The summed E-state index contributed by atoms with van der Waals surface area (Å²) in [6.45, 7) is 0.00254. The summed E-state index contributed by atoms with van der Waals surface area (Å²) < 4.78 is 21.0. The molecular formula is C18H11ClN2O7. The summed E-state index contributed by atoms with van der Waals surface area (Å²) in [5, 5.41) is 14.7. The van der Waals surface area contributed by atoms with Crippen molar-refractivity contribution in [1.29, 1.82) is 0 Å². The monoisotopic (exact) mass is 402 g/mol. The highest BCUT2D eigenvalue weighted by Crippen LogP contribution is 2.36. The summed E-state index contributed by atoms with van der Waals surface area (Å²) in [4.78, 5) is 22.4. The molecule has 0 saturated carbocycles. The Kier molecular flexibility index (Phi) is 4.58. The highest BCUT2D eigenvalue weighted by atomic mass is 35.5. The zero-order chi connectivity index (χ0) is 19.7. The molecule has 142 valence electrons. The van der Waals surface area contributed by atoms with Crippen molar-refractivity contribution < 1.29 is 28.5 Å². The number of ether oxygens (including phenoxy) is 3. The number of fused-ring (bicyclic) bond motifs is 1. The molecule has 0 bridgehead atoms. The molecule has 3 aromatic rings. The van der Waals surface area contributed by atoms with Crippen molar-refractivity contribution in [2.45, 2.75) is 6.61 Å². The minimum Gasteiger partial charge on any atom is -0.455 e. The average molecular weight is 403 g/mol. The van der Waals surface area contributed by atoms with E-state index in [4.69, 9.17) is 30.3 Å². The van der Waals surface area contributed by atoms with E-state index in [9.17, 15) is 14.9 Å². The van der Waals surface area contributed by atoms with Gasteiger partial charge in [0.15, 0.2) is 17.3 Å². The van der Waals surface area contributed by atoms with E-state index in [1.54, 1.807) is 24.3 Å². The van der Waals surface area contributed by atoms with Crippen molar-refractivity contribution >= 4 is 23.3 Å². The van der Waals surface area contributed by atoms with Crippen molar-refractivity contribution in [2.24, 2.45) is 0 Å². The van der Waals surface area contributed by atoms with Gasteiger partial charge in [0.25, 0.3) is 5.69 Å². The van der Waals surface area contributed by atoms with Crippen LogP contribution in [0.1, 0.15) is 16.1 Å². The lowest BCUT2D eigenvalue weighted by Crippen LogP contribution is -2.06. The molecule has 28 heavy (non-hydrogen) atoms. The molecule has 0 unspecified atom stereocenters. The summed E-state index contributed by atoms with van der Waals surface area (Å²) >= 11 is 5.73. The highest BCUT2D eigenvalue weighted by molar-refractivity contribution is 6.32. The van der Waals surface area contributed by atoms with E-state index in [0.717, 1.165) is 11.6 Å². The second-order valence-electron chi connectivity index (χ2n) is 5.75. The summed E-state index contributed by atoms with van der Waals surface area (Å²) in [5.41, 5.74) is 0.741. The molecule has 0 fully saturated rings. The Hall–Kier alpha value is -3.59. The predicted octanol–water partition coefficient (Wildman–Crippen LogP) is 3.99. The van der Waals surface area contributed by atoms with Gasteiger partial charge in [0.1, 0.15) is 17.3 Å². The minimum absolute atomic E-state index is 0.00980. The van der Waals surface area contributed by atoms with Gasteiger partial charge in [-0.1, -0.05) is 16.8 Å². The summed E-state index contributed by atoms with van der Waals surface area (Å²) in [5.74, 6) is 0.972. The van der Waals surface area contributed by atoms with Crippen molar-refractivity contribution in [3.05, 3.63) is 68.9 Å². The second-order valence-corrected chi connectivity index (χ2v) is 6.16. The van der Waals surface area contributed by atoms with Gasteiger partial charge in [-0.15, -0.1) is 0 Å². The maximum absolute atomic E-state index is 12.1. The lowest BCUT2D eigenvalue weighted by molar-refractivity contribution is -0.384. The molecule has 1 aliphatic heterocycles. The molecule has 2 aromatic carbocycles. The van der Waals surface area contributed by atoms with Gasteiger partial charge in [0, 0.05) is 17.7 Å². The van der Waals surface area contributed by atoms with Crippen molar-refractivity contribution in [3.63, 3.8) is 0 Å². The van der Waals surface area contributed by atoms with Gasteiger partial charge < -0.3 is 18.7 Å². The Morgan fingerprint density at radius 1 is 1.18 bits per heavy atom. The number of nitro groups is 1. The van der Waals surface area contributed by atoms with Crippen molar-refractivity contribution in [3.8, 4) is 22.8 Å². The van der Waals surface area contributed by atoms with Crippen LogP contribution >= 0.6 is 11.6 Å². The Morgan fingerprint density at radius 2 is 2.00 bits per heavy atom. The Labute approximate surface area is 162 Å². The predicted molar refractivity (Wildman–Crippen MR) is 95.3 cm³/mol. The van der Waals surface area contributed by atoms with Gasteiger partial charge in [-0.3, -0.25) is 10.1 Å². The van der Waals surface area contributed by atoms with E-state index in [1.807, 2.05) is 0 Å². The zero-order valence-corrected chi connectivity index (χ0v) is 14.8. The van der Waals surface area contributed by atoms with E-state index in [-0.39, 0.29) is 29.7 Å². The smallest absolute Gasteiger partial charge is 0.338 e. The summed E-state index contributed by atoms with van der Waals surface area (Å²) in [6, 6.07) is 10.6. The largest absolute Gasteiger partial charge is 0.455 e. The molecule has 1 aliphatic rings. The molecule has 0 atom stereocenters. The van der Waals surface area contributed by atoms with Crippen LogP contribution in [0.3, 0.4) is 0 Å². The molecule has 0 amide bonds. The molecule has 0 radical (unpaired) electrons. The number of carbonyl (C=O) groups is 1. The van der Waals surface area contributed by atoms with Crippen molar-refractivity contribution in [2.75, 3.05) is 6.79 Å². The average Bonchev–Trinajstić information content (AvgIpc) is 3.34. The van der Waals surface area contributed by atoms with Gasteiger partial charge in [-0.2, -0.15) is 0 Å². The van der Waals surface area contributed by atoms with Crippen LogP contribution < -0.4 is 9.47 Å². The normalized spacial score (nSPS) is 12.0. The molecule has 9 nitrogen and oxygen atoms in total. The zero-order valence-electron chi connectivity index (χ0n) is 14.1. The third-order valence-electron chi connectivity index (χ3n) is 3.95. The number of nitrogens with zero attached hydrogens (tertiary/aromatic N) is 2. The van der Waals surface area contributed by atoms with Crippen LogP contribution in [0, 0.1) is 10.1 Å². The molecule has 2 heterocycles. The quantitative estimate of drug-likeness (QED) is 0.357. The SMILES string of the molecule is O=C(OCc1cc(-c2ccc3c(c2)OCO3)on1)c1ccc(Cl)c([N+](=O)[O-])c1. The molecule has 0 saturated heterocycles. The van der Waals surface area contributed by atoms with Crippen LogP contribution in [-0.4, -0.2) is 22.8 Å². The first-order valence-corrected chi connectivity index (χ1v) is 8.36. The maximum atomic E-state index is 12.1. The topological polar surface area (TPSA) is 114 Å². The molecule has 1 aromatic heterocycles. The van der Waals surface area contributed by atoms with Crippen molar-refractivity contribution in [1.82, 2.24) is 5.16 Å². The number of hydrogen-bond donors (Lipinski definition) is 0. The van der Waals surface area contributed by atoms with Gasteiger partial charge in [-0.25, -0.2) is 4.79 Å². The standard InChI is InChI=1S/C18H11ClN2O7/c19-13-3-1-11(5-14(13)21(23)24)18(22)25-8-12-7-16(28-20-12)10-2-4-15-17(6-10)27-9-26-15/h1-7H,8-9H2. The fourth-order valence-electron chi connectivity index (χ4n) is 2.57. The lowest BCUT2D eigenvalue weighted by Gasteiger charge is -2.03. The van der Waals surface area contributed by atoms with Crippen LogP contribution in [0.2, 0.25) is 5.02 Å². The van der Waals surface area contributed by atoms with Crippen LogP contribution in [-0.2, 0) is 11.3 Å². The fourth-order valence-corrected chi connectivity index (χ4v) is 2.75. The lowest BCUT2D eigenvalue weighted by atomic mass is 10.1. The van der Waals surface area contributed by atoms with E-state index in [2.05, 4.69) is 5.16 Å². The number of carbonyl (C=O) groups excluding carboxylic acids is 1. The number of hydrogen-bond acceptors (Lipinski definition) is 8. The first-order chi connectivity index (χ1) is 13.5. The summed E-state index contributed by atoms with van der Waals surface area (Å²) in [7, 11) is 0. The third-order valence-corrected chi connectivity index (χ3v) is 4.27. The first-order valence-electron chi connectivity index (χ1n) is 7.98. The van der Waals surface area contributed by atoms with E-state index >= 15 is 0 Å². The van der Waals surface area contributed by atoms with Gasteiger partial charge in [0.05, 0.1) is 10.5 Å². The second kappa shape index (κ2) is 7.20. The molecule has 0 spiro atoms. The van der Waals surface area contributed by atoms with Gasteiger partial charge >= 0.3 is 5.97 Å². The Balaban J connectivity index is 1.44. The van der Waals surface area contributed by atoms with Gasteiger partial charge in [0.2, 0.25) is 6.79 Å². The van der Waals surface area contributed by atoms with Crippen LogP contribution in [0.4, 0.5) is 5.69 Å². The number of aromatic nitrogens is 1. The number of halogens is 1. The number of benzene rings is 2. The van der Waals surface area contributed by atoms with Crippen LogP contribution in [0.25, 0.3) is 11.3 Å². The van der Waals surface area contributed by atoms with E-state index in [0.29, 0.717) is 23.0 Å². The van der Waals surface area contributed by atoms with Gasteiger partial charge in [-0.05, 0) is 30.3 Å². The highest BCUT2D eigenvalue weighted by Gasteiger charge is 2.19. The third kappa shape index (κ3) is 3.47. The Morgan fingerprint density at radius 3 is 2.82 bits per heavy atom. The molecular weight excluding hydrogens is 392 g/mol. The molecule has 0 aliphatic carbocycles. The Bertz CT molecular complexity index is 1080. The van der Waals surface area contributed by atoms with E-state index < -0.39 is 10.9 Å². The summed E-state index contributed by atoms with van der Waals surface area (Å²) in [6.07, 6.45) is 0. The fraction of sp³-hybridized carbons (Fsp3) is 0.111. The number of esters is 1. The van der Waals surface area contributed by atoms with E-state index in [1.165, 1.54) is 12.1 Å². The van der Waals surface area contributed by atoms with Crippen LogP contribution in [0.15, 0.2) is 47.0 Å². The minimum atomic E-state index is -0.743. The number of rotatable bonds is 5. The van der Waals surface area contributed by atoms with Crippen LogP contribution in [0.5, 0.6) is 11.5 Å². The molecule has 4 rings (SSSR count). The molecule has 10 heteroatoms. The maximum Gasteiger partial charge on any atom is 0.338 e. The number of nitro benzene ring substituents is 1. The first kappa shape index (κ1) is 17.8.